The van der Waals surface area contributed by atoms with Gasteiger partial charge in [-0.3, -0.25) is 4.79 Å². The van der Waals surface area contributed by atoms with E-state index in [2.05, 4.69) is 27.7 Å². The van der Waals surface area contributed by atoms with Crippen LogP contribution in [0, 0.1) is 0 Å². The molecule has 4 nitrogen and oxygen atoms in total. The molecular weight excluding hydrogens is 226 g/mol. The van der Waals surface area contributed by atoms with E-state index >= 15 is 0 Å². The number of piperazine rings is 1. The summed E-state index contributed by atoms with van der Waals surface area (Å²) < 4.78 is 0. The van der Waals surface area contributed by atoms with Gasteiger partial charge in [-0.1, -0.05) is 12.1 Å². The average molecular weight is 245 g/mol. The number of amides is 1. The minimum Gasteiger partial charge on any atom is -0.326 e. The zero-order valence-electron chi connectivity index (χ0n) is 10.5. The third-order valence-corrected chi connectivity index (χ3v) is 3.72. The summed E-state index contributed by atoms with van der Waals surface area (Å²) >= 11 is 0. The van der Waals surface area contributed by atoms with Gasteiger partial charge in [0.15, 0.2) is 0 Å². The molecule has 2 N–H and O–H groups in total. The van der Waals surface area contributed by atoms with E-state index in [9.17, 15) is 4.79 Å². The lowest BCUT2D eigenvalue weighted by molar-refractivity contribution is -0.115. The van der Waals surface area contributed by atoms with Gasteiger partial charge in [-0.05, 0) is 23.6 Å². The Hall–Kier alpha value is -1.39. The van der Waals surface area contributed by atoms with Crippen molar-refractivity contribution >= 4 is 11.6 Å². The molecule has 0 bridgehead atoms. The number of carbonyl (C=O) groups excluding carboxylic acids is 1. The monoisotopic (exact) mass is 245 g/mol. The van der Waals surface area contributed by atoms with Crippen LogP contribution in [0.15, 0.2) is 18.2 Å². The van der Waals surface area contributed by atoms with Crippen LogP contribution in [-0.2, 0) is 17.6 Å². The van der Waals surface area contributed by atoms with Crippen LogP contribution in [-0.4, -0.2) is 43.5 Å². The van der Waals surface area contributed by atoms with Gasteiger partial charge in [0, 0.05) is 38.4 Å². The molecule has 1 amide bonds. The fraction of sp³-hybridized carbons (Fsp3) is 0.500. The Labute approximate surface area is 107 Å². The lowest BCUT2D eigenvalue weighted by Gasteiger charge is -2.27. The molecule has 0 atom stereocenters. The van der Waals surface area contributed by atoms with Crippen molar-refractivity contribution in [1.29, 1.82) is 0 Å². The molecular formula is C14H19N3O. The summed E-state index contributed by atoms with van der Waals surface area (Å²) in [5.74, 6) is 0.115. The van der Waals surface area contributed by atoms with Gasteiger partial charge in [-0.2, -0.15) is 0 Å². The third-order valence-electron chi connectivity index (χ3n) is 3.72. The molecule has 1 fully saturated rings. The van der Waals surface area contributed by atoms with Crippen LogP contribution in [0.5, 0.6) is 0 Å². The van der Waals surface area contributed by atoms with E-state index in [4.69, 9.17) is 0 Å². The maximum atomic E-state index is 11.3. The van der Waals surface area contributed by atoms with E-state index in [1.54, 1.807) is 0 Å². The predicted molar refractivity (Wildman–Crippen MR) is 71.8 cm³/mol. The molecule has 1 aromatic carbocycles. The van der Waals surface area contributed by atoms with E-state index < -0.39 is 0 Å². The van der Waals surface area contributed by atoms with Gasteiger partial charge in [-0.15, -0.1) is 0 Å². The summed E-state index contributed by atoms with van der Waals surface area (Å²) in [5, 5.41) is 6.24. The van der Waals surface area contributed by atoms with Gasteiger partial charge in [-0.25, -0.2) is 0 Å². The van der Waals surface area contributed by atoms with Crippen molar-refractivity contribution in [3.63, 3.8) is 0 Å². The first-order valence-corrected chi connectivity index (χ1v) is 6.66. The summed E-state index contributed by atoms with van der Waals surface area (Å²) in [6.07, 6.45) is 1.61. The maximum absolute atomic E-state index is 11.3. The lowest BCUT2D eigenvalue weighted by Crippen LogP contribution is -2.44. The Bertz CT molecular complexity index is 452. The van der Waals surface area contributed by atoms with Gasteiger partial charge in [0.2, 0.25) is 5.91 Å². The van der Waals surface area contributed by atoms with Crippen molar-refractivity contribution in [3.05, 3.63) is 29.3 Å². The van der Waals surface area contributed by atoms with Gasteiger partial charge >= 0.3 is 0 Å². The van der Waals surface area contributed by atoms with Gasteiger partial charge in [0.25, 0.3) is 0 Å². The quantitative estimate of drug-likeness (QED) is 0.821. The maximum Gasteiger partial charge on any atom is 0.228 e. The summed E-state index contributed by atoms with van der Waals surface area (Å²) in [5.41, 5.74) is 3.48. The topological polar surface area (TPSA) is 44.4 Å². The van der Waals surface area contributed by atoms with Crippen molar-refractivity contribution in [2.75, 3.05) is 38.0 Å². The fourth-order valence-electron chi connectivity index (χ4n) is 2.66. The Morgan fingerprint density at radius 3 is 2.89 bits per heavy atom. The summed E-state index contributed by atoms with van der Waals surface area (Å²) in [4.78, 5) is 13.8. The second kappa shape index (κ2) is 5.08. The molecule has 0 aliphatic carbocycles. The largest absolute Gasteiger partial charge is 0.326 e. The van der Waals surface area contributed by atoms with Crippen LogP contribution in [0.4, 0.5) is 5.69 Å². The minimum atomic E-state index is 0.115. The molecule has 4 heteroatoms. The van der Waals surface area contributed by atoms with E-state index in [0.717, 1.165) is 50.4 Å². The number of hydrogen-bond donors (Lipinski definition) is 2. The summed E-state index contributed by atoms with van der Waals surface area (Å²) in [6, 6.07) is 6.34. The Kier molecular flexibility index (Phi) is 3.30. The molecule has 1 aromatic rings. The standard InChI is InChI=1S/C14H19N3O/c18-14-10-12-9-11(1-2-13(12)16-14)3-6-17-7-4-15-5-8-17/h1-2,9,15H,3-8,10H2,(H,16,18). The number of carbonyl (C=O) groups is 1. The van der Waals surface area contributed by atoms with E-state index in [1.807, 2.05) is 6.07 Å². The Balaban J connectivity index is 1.60. The van der Waals surface area contributed by atoms with Crippen LogP contribution < -0.4 is 10.6 Å². The molecule has 2 heterocycles. The van der Waals surface area contributed by atoms with Crippen molar-refractivity contribution in [1.82, 2.24) is 10.2 Å². The molecule has 3 rings (SSSR count). The molecule has 96 valence electrons. The number of benzene rings is 1. The van der Waals surface area contributed by atoms with Crippen molar-refractivity contribution in [2.24, 2.45) is 0 Å². The molecule has 0 unspecified atom stereocenters. The van der Waals surface area contributed by atoms with Crippen molar-refractivity contribution in [3.8, 4) is 0 Å². The fourth-order valence-corrected chi connectivity index (χ4v) is 2.66. The molecule has 2 aliphatic heterocycles. The summed E-state index contributed by atoms with van der Waals surface area (Å²) in [6.45, 7) is 5.60. The molecule has 0 saturated carbocycles. The highest BCUT2D eigenvalue weighted by molar-refractivity contribution is 5.99. The van der Waals surface area contributed by atoms with Crippen LogP contribution >= 0.6 is 0 Å². The molecule has 0 aromatic heterocycles. The number of anilines is 1. The third kappa shape index (κ3) is 2.54. The number of hydrogen-bond acceptors (Lipinski definition) is 3. The number of fused-ring (bicyclic) bond motifs is 1. The molecule has 0 radical (unpaired) electrons. The van der Waals surface area contributed by atoms with Gasteiger partial charge < -0.3 is 15.5 Å². The first-order valence-electron chi connectivity index (χ1n) is 6.66. The molecule has 1 saturated heterocycles. The first-order chi connectivity index (χ1) is 8.81. The van der Waals surface area contributed by atoms with Gasteiger partial charge in [0.1, 0.15) is 0 Å². The Morgan fingerprint density at radius 2 is 2.06 bits per heavy atom. The zero-order valence-corrected chi connectivity index (χ0v) is 10.5. The zero-order chi connectivity index (χ0) is 12.4. The predicted octanol–water partition coefficient (Wildman–Crippen LogP) is 0.629. The average Bonchev–Trinajstić information content (AvgIpc) is 2.77. The van der Waals surface area contributed by atoms with Crippen LogP contribution in [0.2, 0.25) is 0 Å². The first kappa shape index (κ1) is 11.7. The summed E-state index contributed by atoms with van der Waals surface area (Å²) in [7, 11) is 0. The van der Waals surface area contributed by atoms with E-state index in [1.165, 1.54) is 5.56 Å². The normalized spacial score (nSPS) is 19.7. The highest BCUT2D eigenvalue weighted by Crippen LogP contribution is 2.24. The van der Waals surface area contributed by atoms with Crippen LogP contribution in [0.1, 0.15) is 11.1 Å². The lowest BCUT2D eigenvalue weighted by atomic mass is 10.1. The number of nitrogens with zero attached hydrogens (tertiary/aromatic N) is 1. The van der Waals surface area contributed by atoms with Crippen molar-refractivity contribution in [2.45, 2.75) is 12.8 Å². The Morgan fingerprint density at radius 1 is 1.22 bits per heavy atom. The highest BCUT2D eigenvalue weighted by atomic mass is 16.1. The molecule has 0 spiro atoms. The SMILES string of the molecule is O=C1Cc2cc(CCN3CCNCC3)ccc2N1. The molecule has 18 heavy (non-hydrogen) atoms. The molecule has 2 aliphatic rings. The number of nitrogens with one attached hydrogen (secondary N) is 2. The smallest absolute Gasteiger partial charge is 0.228 e. The van der Waals surface area contributed by atoms with E-state index in [-0.39, 0.29) is 5.91 Å². The van der Waals surface area contributed by atoms with Crippen LogP contribution in [0.3, 0.4) is 0 Å². The highest BCUT2D eigenvalue weighted by Gasteiger charge is 2.17. The minimum absolute atomic E-state index is 0.115. The second-order valence-corrected chi connectivity index (χ2v) is 5.06. The van der Waals surface area contributed by atoms with Gasteiger partial charge in [0.05, 0.1) is 6.42 Å². The number of rotatable bonds is 3. The van der Waals surface area contributed by atoms with Crippen LogP contribution in [0.25, 0.3) is 0 Å². The van der Waals surface area contributed by atoms with E-state index in [0.29, 0.717) is 6.42 Å². The second-order valence-electron chi connectivity index (χ2n) is 5.06. The van der Waals surface area contributed by atoms with Crippen molar-refractivity contribution < 1.29 is 4.79 Å².